The highest BCUT2D eigenvalue weighted by Crippen LogP contribution is 2.27. The van der Waals surface area contributed by atoms with E-state index in [9.17, 15) is 9.59 Å². The van der Waals surface area contributed by atoms with Crippen molar-refractivity contribution in [3.05, 3.63) is 112 Å². The van der Waals surface area contributed by atoms with Crippen molar-refractivity contribution in [1.29, 1.82) is 0 Å². The molecule has 0 saturated heterocycles. The molecule has 1 N–H and O–H groups in total. The highest BCUT2D eigenvalue weighted by Gasteiger charge is 2.31. The highest BCUT2D eigenvalue weighted by atomic mass is 35.5. The summed E-state index contributed by atoms with van der Waals surface area (Å²) in [7, 11) is 0. The minimum absolute atomic E-state index is 0.0428. The topological polar surface area (TPSA) is 58.6 Å². The van der Waals surface area contributed by atoms with Gasteiger partial charge in [0.15, 0.2) is 6.61 Å². The number of hydrogen-bond acceptors (Lipinski definition) is 3. The van der Waals surface area contributed by atoms with Gasteiger partial charge in [-0.3, -0.25) is 9.59 Å². The lowest BCUT2D eigenvalue weighted by molar-refractivity contribution is -0.143. The Morgan fingerprint density at radius 1 is 0.923 bits per heavy atom. The number of nitrogens with one attached hydrogen (secondary N) is 1. The van der Waals surface area contributed by atoms with E-state index in [0.29, 0.717) is 27.8 Å². The molecule has 0 heterocycles. The number of amides is 2. The minimum Gasteiger partial charge on any atom is -0.483 e. The molecule has 0 unspecified atom stereocenters. The third kappa shape index (κ3) is 7.53. The molecule has 5 nitrogen and oxygen atoms in total. The Hall–Kier alpha value is -3.54. The van der Waals surface area contributed by atoms with Crippen LogP contribution in [0.4, 0.5) is 0 Å². The first-order valence-corrected chi connectivity index (χ1v) is 13.8. The van der Waals surface area contributed by atoms with E-state index in [1.54, 1.807) is 23.1 Å². The van der Waals surface area contributed by atoms with Gasteiger partial charge in [-0.05, 0) is 48.1 Å². The fraction of sp³-hybridized carbons (Fsp3) is 0.250. The summed E-state index contributed by atoms with van der Waals surface area (Å²) in [5.41, 5.74) is 1.63. The molecule has 0 fully saturated rings. The van der Waals surface area contributed by atoms with E-state index in [1.165, 1.54) is 0 Å². The van der Waals surface area contributed by atoms with Gasteiger partial charge in [-0.15, -0.1) is 0 Å². The number of benzene rings is 4. The normalized spacial score (nSPS) is 12.5. The molecule has 0 saturated carbocycles. The van der Waals surface area contributed by atoms with Crippen LogP contribution in [-0.2, 0) is 22.6 Å². The third-order valence-corrected chi connectivity index (χ3v) is 7.32. The monoisotopic (exact) mass is 562 g/mol. The van der Waals surface area contributed by atoms with Crippen molar-refractivity contribution in [3.63, 3.8) is 0 Å². The zero-order chi connectivity index (χ0) is 27.8. The molecular formula is C32H32Cl2N2O3. The van der Waals surface area contributed by atoms with Crippen LogP contribution in [0.15, 0.2) is 91.0 Å². The van der Waals surface area contributed by atoms with Gasteiger partial charge in [0.1, 0.15) is 11.8 Å². The molecule has 0 aliphatic heterocycles. The number of carbonyl (C=O) groups is 2. The Morgan fingerprint density at radius 2 is 1.64 bits per heavy atom. The third-order valence-electron chi connectivity index (χ3n) is 6.73. The van der Waals surface area contributed by atoms with Crippen molar-refractivity contribution < 1.29 is 14.3 Å². The predicted octanol–water partition coefficient (Wildman–Crippen LogP) is 7.08. The number of carbonyl (C=O) groups excluding carboxylic acids is 2. The Kier molecular flexibility index (Phi) is 9.85. The van der Waals surface area contributed by atoms with Gasteiger partial charge in [0.2, 0.25) is 5.91 Å². The molecule has 0 radical (unpaired) electrons. The smallest absolute Gasteiger partial charge is 0.261 e. The van der Waals surface area contributed by atoms with Crippen LogP contribution in [0.3, 0.4) is 0 Å². The maximum Gasteiger partial charge on any atom is 0.261 e. The van der Waals surface area contributed by atoms with Gasteiger partial charge in [0, 0.05) is 34.4 Å². The lowest BCUT2D eigenvalue weighted by Crippen LogP contribution is -2.53. The zero-order valence-corrected chi connectivity index (χ0v) is 23.6. The van der Waals surface area contributed by atoms with Crippen LogP contribution in [0.2, 0.25) is 10.0 Å². The molecule has 2 amide bonds. The molecule has 202 valence electrons. The molecule has 0 spiro atoms. The summed E-state index contributed by atoms with van der Waals surface area (Å²) in [6.45, 7) is 3.84. The molecule has 39 heavy (non-hydrogen) atoms. The van der Waals surface area contributed by atoms with E-state index >= 15 is 0 Å². The fourth-order valence-corrected chi connectivity index (χ4v) is 4.84. The van der Waals surface area contributed by atoms with Crippen LogP contribution in [-0.4, -0.2) is 35.4 Å². The summed E-state index contributed by atoms with van der Waals surface area (Å²) in [5.74, 6) is 0.0561. The molecule has 0 aliphatic carbocycles. The second-order valence-electron chi connectivity index (χ2n) is 9.55. The van der Waals surface area contributed by atoms with Crippen molar-refractivity contribution in [3.8, 4) is 5.75 Å². The van der Waals surface area contributed by atoms with Crippen LogP contribution in [0.1, 0.15) is 31.4 Å². The van der Waals surface area contributed by atoms with E-state index in [-0.39, 0.29) is 31.0 Å². The molecule has 0 bridgehead atoms. The molecule has 0 aromatic heterocycles. The first kappa shape index (κ1) is 28.5. The maximum absolute atomic E-state index is 13.9. The predicted molar refractivity (Wildman–Crippen MR) is 158 cm³/mol. The molecule has 2 atom stereocenters. The van der Waals surface area contributed by atoms with Crippen LogP contribution < -0.4 is 10.1 Å². The molecule has 7 heteroatoms. The number of ether oxygens (including phenoxy) is 1. The van der Waals surface area contributed by atoms with Crippen molar-refractivity contribution in [2.75, 3.05) is 6.61 Å². The first-order chi connectivity index (χ1) is 18.9. The maximum atomic E-state index is 13.9. The van der Waals surface area contributed by atoms with Crippen LogP contribution in [0.5, 0.6) is 5.75 Å². The molecular weight excluding hydrogens is 531 g/mol. The average Bonchev–Trinajstić information content (AvgIpc) is 2.95. The summed E-state index contributed by atoms with van der Waals surface area (Å²) in [5, 5.41) is 5.92. The van der Waals surface area contributed by atoms with Gasteiger partial charge < -0.3 is 15.0 Å². The van der Waals surface area contributed by atoms with Crippen LogP contribution in [0, 0.1) is 0 Å². The lowest BCUT2D eigenvalue weighted by atomic mass is 10.0. The summed E-state index contributed by atoms with van der Waals surface area (Å²) in [4.78, 5) is 29.1. The molecule has 0 aliphatic rings. The molecule has 4 rings (SSSR count). The van der Waals surface area contributed by atoms with E-state index in [1.807, 2.05) is 86.6 Å². The van der Waals surface area contributed by atoms with E-state index in [4.69, 9.17) is 27.9 Å². The quantitative estimate of drug-likeness (QED) is 0.212. The van der Waals surface area contributed by atoms with Gasteiger partial charge >= 0.3 is 0 Å². The number of rotatable bonds is 11. The number of nitrogens with zero attached hydrogens (tertiary/aromatic N) is 1. The number of halogens is 2. The van der Waals surface area contributed by atoms with Gasteiger partial charge in [0.05, 0.1) is 0 Å². The second kappa shape index (κ2) is 13.5. The molecule has 4 aromatic rings. The van der Waals surface area contributed by atoms with Gasteiger partial charge in [0.25, 0.3) is 5.91 Å². The van der Waals surface area contributed by atoms with E-state index in [2.05, 4.69) is 5.32 Å². The SMILES string of the molecule is CC[C@H](C)NC(=O)[C@H](Cc1ccccc1)N(Cc1ccc(Cl)cc1Cl)C(=O)COc1cccc2ccccc12. The van der Waals surface area contributed by atoms with Crippen LogP contribution >= 0.6 is 23.2 Å². The van der Waals surface area contributed by atoms with E-state index in [0.717, 1.165) is 22.8 Å². The first-order valence-electron chi connectivity index (χ1n) is 13.0. The number of hydrogen-bond donors (Lipinski definition) is 1. The Balaban J connectivity index is 1.67. The van der Waals surface area contributed by atoms with Crippen molar-refractivity contribution in [2.45, 2.75) is 45.3 Å². The molecule has 4 aromatic carbocycles. The largest absolute Gasteiger partial charge is 0.483 e. The Morgan fingerprint density at radius 3 is 2.38 bits per heavy atom. The van der Waals surface area contributed by atoms with Gasteiger partial charge in [-0.1, -0.05) is 103 Å². The van der Waals surface area contributed by atoms with Crippen molar-refractivity contribution >= 4 is 45.8 Å². The van der Waals surface area contributed by atoms with Crippen LogP contribution in [0.25, 0.3) is 10.8 Å². The Bertz CT molecular complexity index is 1420. The van der Waals surface area contributed by atoms with E-state index < -0.39 is 6.04 Å². The standard InChI is InChI=1S/C32H32Cl2N2O3/c1-3-22(2)35-32(38)29(18-23-10-5-4-6-11-23)36(20-25-16-17-26(33)19-28(25)34)31(37)21-39-30-15-9-13-24-12-7-8-14-27(24)30/h4-17,19,22,29H,3,18,20-21H2,1-2H3,(H,35,38)/t22-,29-/m0/s1. The minimum atomic E-state index is -0.781. The Labute approximate surface area is 239 Å². The average molecular weight is 564 g/mol. The second-order valence-corrected chi connectivity index (χ2v) is 10.4. The summed E-state index contributed by atoms with van der Waals surface area (Å²) < 4.78 is 6.05. The van der Waals surface area contributed by atoms with Gasteiger partial charge in [-0.25, -0.2) is 0 Å². The summed E-state index contributed by atoms with van der Waals surface area (Å²) >= 11 is 12.6. The number of fused-ring (bicyclic) bond motifs is 1. The van der Waals surface area contributed by atoms with Gasteiger partial charge in [-0.2, -0.15) is 0 Å². The highest BCUT2D eigenvalue weighted by molar-refractivity contribution is 6.35. The summed E-state index contributed by atoms with van der Waals surface area (Å²) in [6.07, 6.45) is 1.11. The fourth-order valence-electron chi connectivity index (χ4n) is 4.37. The summed E-state index contributed by atoms with van der Waals surface area (Å²) in [6, 6.07) is 27.6. The van der Waals surface area contributed by atoms with Crippen molar-refractivity contribution in [2.24, 2.45) is 0 Å². The zero-order valence-electron chi connectivity index (χ0n) is 22.1. The van der Waals surface area contributed by atoms with Crippen molar-refractivity contribution in [1.82, 2.24) is 10.2 Å². The lowest BCUT2D eigenvalue weighted by Gasteiger charge is -2.32.